The molecular weight excluding hydrogens is 280 g/mol. The lowest BCUT2D eigenvalue weighted by Gasteiger charge is -2.18. The van der Waals surface area contributed by atoms with Gasteiger partial charge in [-0.05, 0) is 29.5 Å². The van der Waals surface area contributed by atoms with Gasteiger partial charge in [-0.3, -0.25) is 4.79 Å². The van der Waals surface area contributed by atoms with E-state index in [9.17, 15) is 4.79 Å². The minimum Gasteiger partial charge on any atom is -0.440 e. The van der Waals surface area contributed by atoms with Crippen molar-refractivity contribution in [2.24, 2.45) is 0 Å². The largest absolute Gasteiger partial charge is 0.440 e. The monoisotopic (exact) mass is 304 g/mol. The lowest BCUT2D eigenvalue weighted by molar-refractivity contribution is -0.120. The predicted octanol–water partition coefficient (Wildman–Crippen LogP) is 2.82. The number of carbonyl (C=O) groups is 1. The van der Waals surface area contributed by atoms with E-state index in [2.05, 4.69) is 31.1 Å². The molecule has 0 saturated heterocycles. The second kappa shape index (κ2) is 6.92. The van der Waals surface area contributed by atoms with E-state index in [1.807, 2.05) is 18.2 Å². The molecule has 0 saturated carbocycles. The Bertz CT molecular complexity index is 641. The number of rotatable bonds is 6. The molecule has 2 rings (SSSR count). The van der Waals surface area contributed by atoms with Crippen LogP contribution in [0.25, 0.3) is 11.1 Å². The molecule has 0 unspecified atom stereocenters. The smallest absolute Gasteiger partial charge is 0.229 e. The summed E-state index contributed by atoms with van der Waals surface area (Å²) in [5.74, 6) is 0.365. The molecule has 1 heterocycles. The number of benzene rings is 1. The van der Waals surface area contributed by atoms with E-state index in [-0.39, 0.29) is 17.7 Å². The maximum absolute atomic E-state index is 11.8. The average Bonchev–Trinajstić information content (AvgIpc) is 2.83. The van der Waals surface area contributed by atoms with Gasteiger partial charge in [-0.15, -0.1) is 0 Å². The zero-order valence-corrected chi connectivity index (χ0v) is 13.7. The van der Waals surface area contributed by atoms with Crippen molar-refractivity contribution in [3.05, 3.63) is 29.7 Å². The molecule has 0 aliphatic heterocycles. The molecule has 0 aliphatic rings. The highest BCUT2D eigenvalue weighted by molar-refractivity contribution is 5.79. The number of hydrogen-bond acceptors (Lipinski definition) is 4. The Hall–Kier alpha value is -1.88. The van der Waals surface area contributed by atoms with Crippen molar-refractivity contribution < 1.29 is 13.9 Å². The molecular formula is C17H24N2O3. The molecule has 0 atom stereocenters. The first-order chi connectivity index (χ1) is 10.4. The van der Waals surface area contributed by atoms with Gasteiger partial charge in [-0.2, -0.15) is 0 Å². The minimum absolute atomic E-state index is 0.0615. The summed E-state index contributed by atoms with van der Waals surface area (Å²) in [6.45, 7) is 7.70. The molecule has 1 aromatic heterocycles. The molecule has 5 nitrogen and oxygen atoms in total. The van der Waals surface area contributed by atoms with Crippen molar-refractivity contribution in [3.8, 4) is 0 Å². The Balaban J connectivity index is 2.02. The fourth-order valence-electron chi connectivity index (χ4n) is 2.16. The average molecular weight is 304 g/mol. The molecule has 120 valence electrons. The number of carbonyl (C=O) groups excluding carboxylic acids is 1. The Morgan fingerprint density at radius 1 is 1.36 bits per heavy atom. The topological polar surface area (TPSA) is 64.4 Å². The van der Waals surface area contributed by atoms with Gasteiger partial charge in [0.05, 0.1) is 0 Å². The fraction of sp³-hybridized carbons (Fsp3) is 0.529. The summed E-state index contributed by atoms with van der Waals surface area (Å²) >= 11 is 0. The van der Waals surface area contributed by atoms with Crippen molar-refractivity contribution in [2.45, 2.75) is 39.0 Å². The Kier molecular flexibility index (Phi) is 5.19. The van der Waals surface area contributed by atoms with Gasteiger partial charge in [0, 0.05) is 20.3 Å². The van der Waals surface area contributed by atoms with E-state index in [4.69, 9.17) is 9.15 Å². The number of ether oxygens (including phenoxy) is 1. The number of amides is 1. The number of oxazole rings is 1. The highest BCUT2D eigenvalue weighted by Crippen LogP contribution is 2.26. The standard InChI is InChI=1S/C17H24N2O3/c1-17(2,3)12-6-7-14-13(10-12)19-16(22-14)11-15(20)18-8-5-9-21-4/h6-7,10H,5,8-9,11H2,1-4H3,(H,18,20). The van der Waals surface area contributed by atoms with Crippen LogP contribution in [0.1, 0.15) is 38.6 Å². The summed E-state index contributed by atoms with van der Waals surface area (Å²) in [5, 5.41) is 2.83. The van der Waals surface area contributed by atoms with Gasteiger partial charge in [0.25, 0.3) is 0 Å². The van der Waals surface area contributed by atoms with Crippen LogP contribution in [0.3, 0.4) is 0 Å². The lowest BCUT2D eigenvalue weighted by atomic mass is 9.87. The third kappa shape index (κ3) is 4.31. The van der Waals surface area contributed by atoms with Crippen molar-refractivity contribution >= 4 is 17.0 Å². The molecule has 5 heteroatoms. The van der Waals surface area contributed by atoms with Crippen LogP contribution < -0.4 is 5.32 Å². The molecule has 0 bridgehead atoms. The zero-order chi connectivity index (χ0) is 16.2. The van der Waals surface area contributed by atoms with Crippen molar-refractivity contribution in [1.82, 2.24) is 10.3 Å². The van der Waals surface area contributed by atoms with Crippen LogP contribution in [0.5, 0.6) is 0 Å². The first-order valence-electron chi connectivity index (χ1n) is 7.56. The first kappa shape index (κ1) is 16.5. The summed E-state index contributed by atoms with van der Waals surface area (Å²) in [4.78, 5) is 16.2. The van der Waals surface area contributed by atoms with Gasteiger partial charge in [-0.1, -0.05) is 26.8 Å². The molecule has 0 fully saturated rings. The maximum Gasteiger partial charge on any atom is 0.229 e. The molecule has 1 amide bonds. The van der Waals surface area contributed by atoms with Crippen LogP contribution >= 0.6 is 0 Å². The van der Waals surface area contributed by atoms with E-state index < -0.39 is 0 Å². The van der Waals surface area contributed by atoms with Crippen LogP contribution in [0.15, 0.2) is 22.6 Å². The summed E-state index contributed by atoms with van der Waals surface area (Å²) in [5.41, 5.74) is 2.78. The predicted molar refractivity (Wildman–Crippen MR) is 85.9 cm³/mol. The number of fused-ring (bicyclic) bond motifs is 1. The molecule has 1 N–H and O–H groups in total. The van der Waals surface area contributed by atoms with Crippen molar-refractivity contribution in [2.75, 3.05) is 20.3 Å². The molecule has 22 heavy (non-hydrogen) atoms. The Morgan fingerprint density at radius 2 is 2.14 bits per heavy atom. The first-order valence-corrected chi connectivity index (χ1v) is 7.56. The minimum atomic E-state index is -0.0845. The number of hydrogen-bond donors (Lipinski definition) is 1. The van der Waals surface area contributed by atoms with Gasteiger partial charge in [0.1, 0.15) is 11.9 Å². The van der Waals surface area contributed by atoms with Crippen LogP contribution in [-0.4, -0.2) is 31.2 Å². The van der Waals surface area contributed by atoms with Gasteiger partial charge in [0.15, 0.2) is 5.58 Å². The van der Waals surface area contributed by atoms with Crippen molar-refractivity contribution in [3.63, 3.8) is 0 Å². The van der Waals surface area contributed by atoms with Crippen LogP contribution in [0.2, 0.25) is 0 Å². The fourth-order valence-corrected chi connectivity index (χ4v) is 2.16. The SMILES string of the molecule is COCCCNC(=O)Cc1nc2cc(C(C)(C)C)ccc2o1. The number of methoxy groups -OCH3 is 1. The summed E-state index contributed by atoms with van der Waals surface area (Å²) < 4.78 is 10.6. The number of nitrogens with zero attached hydrogens (tertiary/aromatic N) is 1. The van der Waals surface area contributed by atoms with Crippen LogP contribution in [0.4, 0.5) is 0 Å². The van der Waals surface area contributed by atoms with E-state index in [0.29, 0.717) is 19.0 Å². The third-order valence-corrected chi connectivity index (χ3v) is 3.46. The highest BCUT2D eigenvalue weighted by atomic mass is 16.5. The maximum atomic E-state index is 11.8. The number of nitrogens with one attached hydrogen (secondary N) is 1. The van der Waals surface area contributed by atoms with E-state index >= 15 is 0 Å². The highest BCUT2D eigenvalue weighted by Gasteiger charge is 2.16. The number of aromatic nitrogens is 1. The summed E-state index contributed by atoms with van der Waals surface area (Å²) in [6.07, 6.45) is 0.956. The van der Waals surface area contributed by atoms with Crippen LogP contribution in [0, 0.1) is 0 Å². The normalized spacial score (nSPS) is 11.8. The van der Waals surface area contributed by atoms with E-state index in [1.165, 1.54) is 5.56 Å². The second-order valence-corrected chi connectivity index (χ2v) is 6.41. The van der Waals surface area contributed by atoms with Crippen LogP contribution in [-0.2, 0) is 21.4 Å². The second-order valence-electron chi connectivity index (χ2n) is 6.41. The lowest BCUT2D eigenvalue weighted by Crippen LogP contribution is -2.26. The Morgan fingerprint density at radius 3 is 2.82 bits per heavy atom. The zero-order valence-electron chi connectivity index (χ0n) is 13.7. The molecule has 0 radical (unpaired) electrons. The van der Waals surface area contributed by atoms with E-state index in [1.54, 1.807) is 7.11 Å². The van der Waals surface area contributed by atoms with Crippen molar-refractivity contribution in [1.29, 1.82) is 0 Å². The molecule has 0 aliphatic carbocycles. The van der Waals surface area contributed by atoms with Gasteiger partial charge < -0.3 is 14.5 Å². The third-order valence-electron chi connectivity index (χ3n) is 3.46. The van der Waals surface area contributed by atoms with E-state index in [0.717, 1.165) is 17.5 Å². The Labute approximate surface area is 131 Å². The quantitative estimate of drug-likeness (QED) is 0.834. The molecule has 1 aromatic carbocycles. The van der Waals surface area contributed by atoms with Gasteiger partial charge in [-0.25, -0.2) is 4.98 Å². The summed E-state index contributed by atoms with van der Waals surface area (Å²) in [6, 6.07) is 5.99. The van der Waals surface area contributed by atoms with Gasteiger partial charge in [0.2, 0.25) is 11.8 Å². The molecule has 0 spiro atoms. The van der Waals surface area contributed by atoms with Gasteiger partial charge >= 0.3 is 0 Å². The summed E-state index contributed by atoms with van der Waals surface area (Å²) in [7, 11) is 1.64. The molecule has 2 aromatic rings.